The molecule has 1 aliphatic rings. The second kappa shape index (κ2) is 7.20. The van der Waals surface area contributed by atoms with Crippen LogP contribution in [-0.2, 0) is 0 Å². The van der Waals surface area contributed by atoms with Crippen molar-refractivity contribution >= 4 is 0 Å². The minimum absolute atomic E-state index is 0.610. The van der Waals surface area contributed by atoms with Crippen LogP contribution in [0.4, 0.5) is 0 Å². The molecule has 0 aliphatic carbocycles. The maximum atomic E-state index is 4.14. The first-order valence-electron chi connectivity index (χ1n) is 7.30. The van der Waals surface area contributed by atoms with Gasteiger partial charge in [0.1, 0.15) is 0 Å². The fourth-order valence-corrected chi connectivity index (χ4v) is 2.54. The molecule has 1 atom stereocenters. The molecule has 0 bridgehead atoms. The summed E-state index contributed by atoms with van der Waals surface area (Å²) < 4.78 is 0. The van der Waals surface area contributed by atoms with Gasteiger partial charge in [0.05, 0.1) is 0 Å². The predicted molar refractivity (Wildman–Crippen MR) is 84.8 cm³/mol. The van der Waals surface area contributed by atoms with Gasteiger partial charge in [0.15, 0.2) is 0 Å². The van der Waals surface area contributed by atoms with E-state index in [-0.39, 0.29) is 0 Å². The first kappa shape index (κ1) is 14.7. The average molecular weight is 268 g/mol. The molecule has 3 rings (SSSR count). The van der Waals surface area contributed by atoms with Gasteiger partial charge in [-0.25, -0.2) is 0 Å². The Morgan fingerprint density at radius 2 is 1.70 bits per heavy atom. The fourth-order valence-electron chi connectivity index (χ4n) is 2.54. The van der Waals surface area contributed by atoms with Crippen molar-refractivity contribution in [3.05, 3.63) is 65.5 Å². The highest BCUT2D eigenvalue weighted by Gasteiger charge is 2.21. The summed E-state index contributed by atoms with van der Waals surface area (Å²) in [4.78, 5) is 6.54. The number of pyridine rings is 1. The lowest BCUT2D eigenvalue weighted by Gasteiger charge is -2.18. The van der Waals surface area contributed by atoms with Crippen molar-refractivity contribution in [3.63, 3.8) is 0 Å². The number of rotatable bonds is 1. The lowest BCUT2D eigenvalue weighted by molar-refractivity contribution is 0.317. The van der Waals surface area contributed by atoms with Gasteiger partial charge < -0.3 is 0 Å². The van der Waals surface area contributed by atoms with Crippen LogP contribution >= 0.6 is 0 Å². The summed E-state index contributed by atoms with van der Waals surface area (Å²) in [6, 6.07) is 13.3. The zero-order valence-electron chi connectivity index (χ0n) is 12.7. The van der Waals surface area contributed by atoms with Crippen molar-refractivity contribution in [2.75, 3.05) is 13.6 Å². The molecule has 0 amide bonds. The Balaban J connectivity index is 0.000000160. The van der Waals surface area contributed by atoms with Gasteiger partial charge in [0.2, 0.25) is 0 Å². The van der Waals surface area contributed by atoms with E-state index >= 15 is 0 Å². The van der Waals surface area contributed by atoms with Crippen LogP contribution in [0.3, 0.4) is 0 Å². The Labute approximate surface area is 122 Å². The van der Waals surface area contributed by atoms with Crippen LogP contribution in [0.25, 0.3) is 0 Å². The summed E-state index contributed by atoms with van der Waals surface area (Å²) in [5, 5.41) is 0. The maximum absolute atomic E-state index is 4.14. The molecule has 0 N–H and O–H groups in total. The van der Waals surface area contributed by atoms with Crippen LogP contribution in [0.15, 0.2) is 48.8 Å². The summed E-state index contributed by atoms with van der Waals surface area (Å²) in [6.45, 7) is 5.42. The molecule has 1 unspecified atom stereocenters. The summed E-state index contributed by atoms with van der Waals surface area (Å²) in [7, 11) is 2.19. The Morgan fingerprint density at radius 1 is 1.05 bits per heavy atom. The highest BCUT2D eigenvalue weighted by molar-refractivity contribution is 5.19. The third-order valence-electron chi connectivity index (χ3n) is 3.81. The van der Waals surface area contributed by atoms with Gasteiger partial charge in [0.25, 0.3) is 0 Å². The number of hydrogen-bond acceptors (Lipinski definition) is 2. The molecular formula is C18H24N2. The first-order valence-corrected chi connectivity index (χ1v) is 7.30. The summed E-state index contributed by atoms with van der Waals surface area (Å²) in [6.07, 6.45) is 6.41. The van der Waals surface area contributed by atoms with Crippen LogP contribution in [-0.4, -0.2) is 23.5 Å². The minimum Gasteiger partial charge on any atom is -0.299 e. The van der Waals surface area contributed by atoms with E-state index in [1.165, 1.54) is 36.1 Å². The zero-order valence-corrected chi connectivity index (χ0v) is 12.7. The van der Waals surface area contributed by atoms with Crippen molar-refractivity contribution in [3.8, 4) is 0 Å². The van der Waals surface area contributed by atoms with E-state index in [0.717, 1.165) is 0 Å². The standard InChI is InChI=1S/C10H14N2.C8H10/c1-12-7-3-5-10(12)9-4-2-6-11-8-9;1-7-3-5-8(2)6-4-7/h2,4,6,8,10H,3,5,7H2,1H3;3-6H,1-2H3. The molecule has 1 aromatic carbocycles. The van der Waals surface area contributed by atoms with Gasteiger partial charge in [-0.2, -0.15) is 0 Å². The van der Waals surface area contributed by atoms with Crippen molar-refractivity contribution in [1.29, 1.82) is 0 Å². The number of aryl methyl sites for hydroxylation is 2. The minimum atomic E-state index is 0.610. The molecule has 1 aromatic heterocycles. The third-order valence-corrected chi connectivity index (χ3v) is 3.81. The maximum Gasteiger partial charge on any atom is 0.0360 e. The van der Waals surface area contributed by atoms with E-state index in [2.05, 4.69) is 61.1 Å². The third kappa shape index (κ3) is 4.17. The van der Waals surface area contributed by atoms with E-state index in [1.54, 1.807) is 0 Å². The molecular weight excluding hydrogens is 244 g/mol. The summed E-state index contributed by atoms with van der Waals surface area (Å²) >= 11 is 0. The Hall–Kier alpha value is -1.67. The molecule has 1 aliphatic heterocycles. The smallest absolute Gasteiger partial charge is 0.0360 e. The molecule has 2 aromatic rings. The van der Waals surface area contributed by atoms with E-state index in [4.69, 9.17) is 0 Å². The van der Waals surface area contributed by atoms with E-state index in [9.17, 15) is 0 Å². The van der Waals surface area contributed by atoms with Gasteiger partial charge in [-0.05, 0) is 51.9 Å². The fraction of sp³-hybridized carbons (Fsp3) is 0.389. The summed E-state index contributed by atoms with van der Waals surface area (Å²) in [5.41, 5.74) is 4.02. The highest BCUT2D eigenvalue weighted by Crippen LogP contribution is 2.29. The molecule has 0 saturated carbocycles. The zero-order chi connectivity index (χ0) is 14.4. The highest BCUT2D eigenvalue weighted by atomic mass is 15.1. The van der Waals surface area contributed by atoms with Crippen LogP contribution < -0.4 is 0 Å². The van der Waals surface area contributed by atoms with Crippen LogP contribution in [0.5, 0.6) is 0 Å². The van der Waals surface area contributed by atoms with Gasteiger partial charge in [0, 0.05) is 18.4 Å². The predicted octanol–water partition coefficient (Wildman–Crippen LogP) is 4.15. The largest absolute Gasteiger partial charge is 0.299 e. The molecule has 0 spiro atoms. The Kier molecular flexibility index (Phi) is 5.31. The molecule has 0 radical (unpaired) electrons. The number of likely N-dealkylation sites (tertiary alicyclic amines) is 1. The SMILES string of the molecule is CN1CCCC1c1cccnc1.Cc1ccc(C)cc1. The van der Waals surface area contributed by atoms with Gasteiger partial charge in [-0.1, -0.05) is 41.5 Å². The van der Waals surface area contributed by atoms with Crippen LogP contribution in [0.1, 0.15) is 35.6 Å². The van der Waals surface area contributed by atoms with Crippen molar-refractivity contribution in [1.82, 2.24) is 9.88 Å². The Morgan fingerprint density at radius 3 is 2.15 bits per heavy atom. The van der Waals surface area contributed by atoms with Crippen LogP contribution in [0, 0.1) is 13.8 Å². The normalized spacial score (nSPS) is 18.4. The number of aromatic nitrogens is 1. The van der Waals surface area contributed by atoms with Crippen molar-refractivity contribution < 1.29 is 0 Å². The van der Waals surface area contributed by atoms with Crippen LogP contribution in [0.2, 0.25) is 0 Å². The van der Waals surface area contributed by atoms with E-state index < -0.39 is 0 Å². The summed E-state index contributed by atoms with van der Waals surface area (Å²) in [5.74, 6) is 0. The molecule has 2 nitrogen and oxygen atoms in total. The molecule has 1 saturated heterocycles. The number of benzene rings is 1. The Bertz CT molecular complexity index is 484. The van der Waals surface area contributed by atoms with Gasteiger partial charge >= 0.3 is 0 Å². The first-order chi connectivity index (χ1) is 9.66. The molecule has 20 heavy (non-hydrogen) atoms. The number of nitrogens with zero attached hydrogens (tertiary/aromatic N) is 2. The lowest BCUT2D eigenvalue weighted by atomic mass is 10.1. The quantitative estimate of drug-likeness (QED) is 0.772. The molecule has 2 heteroatoms. The average Bonchev–Trinajstić information content (AvgIpc) is 2.90. The van der Waals surface area contributed by atoms with Gasteiger partial charge in [-0.3, -0.25) is 9.88 Å². The lowest BCUT2D eigenvalue weighted by Crippen LogP contribution is -2.17. The second-order valence-corrected chi connectivity index (χ2v) is 5.58. The topological polar surface area (TPSA) is 16.1 Å². The monoisotopic (exact) mass is 268 g/mol. The second-order valence-electron chi connectivity index (χ2n) is 5.58. The molecule has 1 fully saturated rings. The van der Waals surface area contributed by atoms with Gasteiger partial charge in [-0.15, -0.1) is 0 Å². The van der Waals surface area contributed by atoms with E-state index in [1.807, 2.05) is 18.5 Å². The van der Waals surface area contributed by atoms with E-state index in [0.29, 0.717) is 6.04 Å². The number of hydrogen-bond donors (Lipinski definition) is 0. The molecule has 106 valence electrons. The van der Waals surface area contributed by atoms with Crippen molar-refractivity contribution in [2.24, 2.45) is 0 Å². The van der Waals surface area contributed by atoms with Crippen molar-refractivity contribution in [2.45, 2.75) is 32.7 Å². The molecule has 2 heterocycles.